The number of methoxy groups -OCH3 is 1. The van der Waals surface area contributed by atoms with Crippen LogP contribution in [0.1, 0.15) is 29.5 Å². The molecule has 31 heavy (non-hydrogen) atoms. The van der Waals surface area contributed by atoms with Gasteiger partial charge in [0.25, 0.3) is 5.91 Å². The Labute approximate surface area is 186 Å². The molecule has 0 aromatic heterocycles. The topological polar surface area (TPSA) is 32.8 Å². The van der Waals surface area contributed by atoms with E-state index in [-0.39, 0.29) is 5.91 Å². The lowest BCUT2D eigenvalue weighted by Crippen LogP contribution is -2.47. The third-order valence-corrected chi connectivity index (χ3v) is 6.51. The maximum atomic E-state index is 12.9. The molecule has 1 saturated heterocycles. The highest BCUT2D eigenvalue weighted by Gasteiger charge is 2.31. The van der Waals surface area contributed by atoms with E-state index in [4.69, 9.17) is 4.74 Å². The summed E-state index contributed by atoms with van der Waals surface area (Å²) in [5.41, 5.74) is 3.87. The normalized spacial score (nSPS) is 18.8. The number of ether oxygens (including phenoxy) is 1. The minimum absolute atomic E-state index is 0.105. The summed E-state index contributed by atoms with van der Waals surface area (Å²) in [5.74, 6) is 6.23. The van der Waals surface area contributed by atoms with Crippen molar-refractivity contribution in [3.8, 4) is 11.8 Å². The van der Waals surface area contributed by atoms with Crippen molar-refractivity contribution in [3.05, 3.63) is 71.3 Å². The minimum atomic E-state index is -0.105. The summed E-state index contributed by atoms with van der Waals surface area (Å²) in [7, 11) is 1.68. The molecule has 1 aliphatic heterocycles. The number of amides is 1. The van der Waals surface area contributed by atoms with Crippen LogP contribution >= 0.6 is 0 Å². The number of rotatable bonds is 6. The Balaban J connectivity index is 1.37. The first-order chi connectivity index (χ1) is 15.2. The number of hydrogen-bond acceptors (Lipinski definition) is 3. The highest BCUT2D eigenvalue weighted by Crippen LogP contribution is 2.29. The van der Waals surface area contributed by atoms with E-state index in [1.165, 1.54) is 24.0 Å². The van der Waals surface area contributed by atoms with Gasteiger partial charge in [0.15, 0.2) is 0 Å². The van der Waals surface area contributed by atoms with Crippen LogP contribution in [0.15, 0.2) is 54.6 Å². The Bertz CT molecular complexity index is 906. The number of piperidine rings is 1. The number of benzene rings is 2. The number of carbonyl (C=O) groups is 1. The fraction of sp³-hybridized carbons (Fsp3) is 0.444. The molecule has 0 radical (unpaired) electrons. The molecule has 1 aliphatic carbocycles. The first-order valence-corrected chi connectivity index (χ1v) is 11.4. The van der Waals surface area contributed by atoms with Gasteiger partial charge in [-0.25, -0.2) is 0 Å². The van der Waals surface area contributed by atoms with Crippen molar-refractivity contribution in [3.63, 3.8) is 0 Å². The Morgan fingerprint density at radius 1 is 1.10 bits per heavy atom. The Morgan fingerprint density at radius 2 is 1.81 bits per heavy atom. The molecule has 4 rings (SSSR count). The zero-order chi connectivity index (χ0) is 21.5. The van der Waals surface area contributed by atoms with Gasteiger partial charge in [0, 0.05) is 44.3 Å². The van der Waals surface area contributed by atoms with Gasteiger partial charge >= 0.3 is 0 Å². The number of hydrogen-bond donors (Lipinski definition) is 0. The first kappa shape index (κ1) is 21.6. The monoisotopic (exact) mass is 416 g/mol. The molecule has 2 aromatic rings. The zero-order valence-electron chi connectivity index (χ0n) is 18.4. The molecule has 0 bridgehead atoms. The second-order valence-electron chi connectivity index (χ2n) is 8.69. The maximum Gasteiger partial charge on any atom is 0.298 e. The lowest BCUT2D eigenvalue weighted by Gasteiger charge is -2.38. The van der Waals surface area contributed by atoms with E-state index in [0.717, 1.165) is 38.0 Å². The molecular weight excluding hydrogens is 384 g/mol. The molecule has 4 heteroatoms. The van der Waals surface area contributed by atoms with Crippen LogP contribution in [-0.2, 0) is 22.4 Å². The van der Waals surface area contributed by atoms with Gasteiger partial charge in [0.05, 0.1) is 6.61 Å². The van der Waals surface area contributed by atoms with Gasteiger partial charge in [-0.2, -0.15) is 0 Å². The van der Waals surface area contributed by atoms with Crippen molar-refractivity contribution in [2.75, 3.05) is 39.9 Å². The van der Waals surface area contributed by atoms with Crippen LogP contribution in [0.3, 0.4) is 0 Å². The first-order valence-electron chi connectivity index (χ1n) is 11.4. The Kier molecular flexibility index (Phi) is 7.40. The summed E-state index contributed by atoms with van der Waals surface area (Å²) in [6, 6.07) is 19.1. The summed E-state index contributed by atoms with van der Waals surface area (Å²) in [4.78, 5) is 17.4. The number of carbonyl (C=O) groups excluding carboxylic acids is 1. The standard InChI is InChI=1S/C27H32N2O2/c1-31-17-16-29(27(30)14-13-22-8-3-2-4-9-22)21-23-10-7-15-28(20-23)26-18-24-11-5-6-12-25(24)19-26/h2-6,8-9,11-12,23,26H,7,10,15-21H2,1H3. The zero-order valence-corrected chi connectivity index (χ0v) is 18.4. The van der Waals surface area contributed by atoms with Crippen molar-refractivity contribution in [1.82, 2.24) is 9.80 Å². The van der Waals surface area contributed by atoms with E-state index >= 15 is 0 Å². The second kappa shape index (κ2) is 10.6. The molecule has 162 valence electrons. The molecule has 1 amide bonds. The lowest BCUT2D eigenvalue weighted by atomic mass is 9.95. The molecule has 0 spiro atoms. The van der Waals surface area contributed by atoms with Crippen LogP contribution in [0.4, 0.5) is 0 Å². The van der Waals surface area contributed by atoms with E-state index < -0.39 is 0 Å². The fourth-order valence-corrected chi connectivity index (χ4v) is 4.89. The molecule has 1 unspecified atom stereocenters. The van der Waals surface area contributed by atoms with E-state index in [9.17, 15) is 4.79 Å². The average Bonchev–Trinajstić information content (AvgIpc) is 3.25. The summed E-state index contributed by atoms with van der Waals surface area (Å²) in [5, 5.41) is 0. The van der Waals surface area contributed by atoms with Crippen LogP contribution < -0.4 is 0 Å². The molecule has 1 fully saturated rings. The molecule has 2 aromatic carbocycles. The highest BCUT2D eigenvalue weighted by atomic mass is 16.5. The van der Waals surface area contributed by atoms with Gasteiger partial charge in [-0.3, -0.25) is 9.69 Å². The Hall–Kier alpha value is -2.61. The van der Waals surface area contributed by atoms with Crippen LogP contribution in [0.25, 0.3) is 0 Å². The minimum Gasteiger partial charge on any atom is -0.383 e. The van der Waals surface area contributed by atoms with Gasteiger partial charge < -0.3 is 9.64 Å². The maximum absolute atomic E-state index is 12.9. The number of likely N-dealkylation sites (tertiary alicyclic amines) is 1. The molecule has 1 atom stereocenters. The predicted molar refractivity (Wildman–Crippen MR) is 124 cm³/mol. The van der Waals surface area contributed by atoms with Gasteiger partial charge in [0.2, 0.25) is 0 Å². The largest absolute Gasteiger partial charge is 0.383 e. The van der Waals surface area contributed by atoms with E-state index in [1.54, 1.807) is 7.11 Å². The third kappa shape index (κ3) is 5.76. The second-order valence-corrected chi connectivity index (χ2v) is 8.69. The van der Waals surface area contributed by atoms with Crippen LogP contribution in [0, 0.1) is 17.8 Å². The summed E-state index contributed by atoms with van der Waals surface area (Å²) in [6.45, 7) is 4.09. The van der Waals surface area contributed by atoms with E-state index in [2.05, 4.69) is 41.0 Å². The third-order valence-electron chi connectivity index (χ3n) is 6.51. The Morgan fingerprint density at radius 3 is 2.52 bits per heavy atom. The van der Waals surface area contributed by atoms with Crippen molar-refractivity contribution < 1.29 is 9.53 Å². The SMILES string of the molecule is COCCN(CC1CCCN(C2Cc3ccccc3C2)C1)C(=O)C#Cc1ccccc1. The van der Waals surface area contributed by atoms with E-state index in [0.29, 0.717) is 25.1 Å². The van der Waals surface area contributed by atoms with Gasteiger partial charge in [-0.15, -0.1) is 0 Å². The van der Waals surface area contributed by atoms with Crippen LogP contribution in [0.5, 0.6) is 0 Å². The van der Waals surface area contributed by atoms with Crippen molar-refractivity contribution in [2.45, 2.75) is 31.7 Å². The van der Waals surface area contributed by atoms with Crippen molar-refractivity contribution in [2.24, 2.45) is 5.92 Å². The lowest BCUT2D eigenvalue weighted by molar-refractivity contribution is -0.126. The summed E-state index contributed by atoms with van der Waals surface area (Å²) < 4.78 is 5.26. The summed E-state index contributed by atoms with van der Waals surface area (Å²) >= 11 is 0. The number of nitrogens with zero attached hydrogens (tertiary/aromatic N) is 2. The molecular formula is C27H32N2O2. The molecule has 1 heterocycles. The van der Waals surface area contributed by atoms with Gasteiger partial charge in [-0.1, -0.05) is 48.4 Å². The quantitative estimate of drug-likeness (QED) is 0.677. The average molecular weight is 417 g/mol. The van der Waals surface area contributed by atoms with E-state index in [1.807, 2.05) is 35.2 Å². The predicted octanol–water partition coefficient (Wildman–Crippen LogP) is 3.39. The van der Waals surface area contributed by atoms with Crippen LogP contribution in [-0.4, -0.2) is 61.6 Å². The molecule has 2 aliphatic rings. The fourth-order valence-electron chi connectivity index (χ4n) is 4.89. The van der Waals surface area contributed by atoms with Gasteiger partial charge in [0.1, 0.15) is 0 Å². The molecule has 4 nitrogen and oxygen atoms in total. The summed E-state index contributed by atoms with van der Waals surface area (Å²) in [6.07, 6.45) is 4.66. The van der Waals surface area contributed by atoms with Crippen molar-refractivity contribution in [1.29, 1.82) is 0 Å². The van der Waals surface area contributed by atoms with Gasteiger partial charge in [-0.05, 0) is 61.4 Å². The highest BCUT2D eigenvalue weighted by molar-refractivity contribution is 5.94. The molecule has 0 saturated carbocycles. The smallest absolute Gasteiger partial charge is 0.298 e. The molecule has 0 N–H and O–H groups in total. The number of fused-ring (bicyclic) bond motifs is 1. The van der Waals surface area contributed by atoms with Crippen LogP contribution in [0.2, 0.25) is 0 Å². The van der Waals surface area contributed by atoms with Crippen molar-refractivity contribution >= 4 is 5.91 Å².